The first kappa shape index (κ1) is 23.5. The predicted molar refractivity (Wildman–Crippen MR) is 121 cm³/mol. The molecule has 1 fully saturated rings. The highest BCUT2D eigenvalue weighted by Gasteiger charge is 2.29. The van der Waals surface area contributed by atoms with Gasteiger partial charge >= 0.3 is 0 Å². The van der Waals surface area contributed by atoms with Crippen LogP contribution in [0.15, 0.2) is 42.5 Å². The molecule has 0 aromatic heterocycles. The molecule has 10 heteroatoms. The minimum absolute atomic E-state index is 0.0375. The number of primary amides is 1. The number of nitrogens with one attached hydrogen (secondary N) is 1. The monoisotopic (exact) mass is 470 g/mol. The molecule has 0 radical (unpaired) electrons. The molecule has 1 saturated heterocycles. The maximum atomic E-state index is 13.2. The number of amides is 3. The normalized spacial score (nSPS) is 16.2. The van der Waals surface area contributed by atoms with Crippen molar-refractivity contribution in [3.63, 3.8) is 0 Å². The Morgan fingerprint density at radius 2 is 1.71 bits per heavy atom. The molecule has 2 aromatic rings. The number of nitrogens with two attached hydrogens (primary N) is 1. The van der Waals surface area contributed by atoms with Crippen molar-refractivity contribution in [3.8, 4) is 11.5 Å². The van der Waals surface area contributed by atoms with Gasteiger partial charge in [-0.25, -0.2) is 4.39 Å². The average Bonchev–Trinajstić information content (AvgIpc) is 3.30. The summed E-state index contributed by atoms with van der Waals surface area (Å²) in [5.41, 5.74) is 6.58. The van der Waals surface area contributed by atoms with Crippen molar-refractivity contribution in [2.24, 2.45) is 5.73 Å². The van der Waals surface area contributed by atoms with Crippen molar-refractivity contribution in [3.05, 3.63) is 59.4 Å². The van der Waals surface area contributed by atoms with E-state index in [4.69, 9.17) is 15.2 Å². The molecule has 2 aromatic carbocycles. The average molecular weight is 471 g/mol. The molecule has 2 heterocycles. The molecule has 3 amide bonds. The molecular weight excluding hydrogens is 443 g/mol. The largest absolute Gasteiger partial charge is 0.454 e. The van der Waals surface area contributed by atoms with Gasteiger partial charge in [0.05, 0.1) is 0 Å². The zero-order valence-electron chi connectivity index (χ0n) is 18.7. The molecule has 34 heavy (non-hydrogen) atoms. The standard InChI is InChI=1S/C24H27FN4O5/c25-18-4-2-17(3-5-18)23(31)27-19(6-8-22(26)30)24(32)29-11-9-28(10-12-29)14-16-1-7-20-21(13-16)34-15-33-20/h1-5,7,13,19H,6,8-12,14-15H2,(H2,26,30)(H,27,31)/t19-/m0/s1. The number of halogens is 1. The summed E-state index contributed by atoms with van der Waals surface area (Å²) in [6.45, 7) is 3.24. The van der Waals surface area contributed by atoms with Gasteiger partial charge in [0.1, 0.15) is 11.9 Å². The van der Waals surface area contributed by atoms with Crippen LogP contribution in [-0.4, -0.2) is 66.5 Å². The highest BCUT2D eigenvalue weighted by atomic mass is 19.1. The van der Waals surface area contributed by atoms with Gasteiger partial charge in [0, 0.05) is 44.7 Å². The Balaban J connectivity index is 1.34. The molecule has 180 valence electrons. The van der Waals surface area contributed by atoms with Crippen molar-refractivity contribution in [1.29, 1.82) is 0 Å². The number of fused-ring (bicyclic) bond motifs is 1. The first-order chi connectivity index (χ1) is 16.4. The van der Waals surface area contributed by atoms with Crippen LogP contribution in [0.25, 0.3) is 0 Å². The smallest absolute Gasteiger partial charge is 0.251 e. The van der Waals surface area contributed by atoms with Gasteiger partial charge in [0.2, 0.25) is 18.6 Å². The molecule has 1 atom stereocenters. The van der Waals surface area contributed by atoms with Gasteiger partial charge in [-0.05, 0) is 48.4 Å². The number of piperazine rings is 1. The predicted octanol–water partition coefficient (Wildman–Crippen LogP) is 1.26. The summed E-state index contributed by atoms with van der Waals surface area (Å²) in [4.78, 5) is 41.0. The highest BCUT2D eigenvalue weighted by Crippen LogP contribution is 2.32. The molecule has 4 rings (SSSR count). The summed E-state index contributed by atoms with van der Waals surface area (Å²) in [7, 11) is 0. The Labute approximate surface area is 196 Å². The molecule has 2 aliphatic rings. The second-order valence-electron chi connectivity index (χ2n) is 8.33. The molecule has 0 bridgehead atoms. The Bertz CT molecular complexity index is 1050. The van der Waals surface area contributed by atoms with Gasteiger partial charge in [-0.15, -0.1) is 0 Å². The van der Waals surface area contributed by atoms with Crippen molar-refractivity contribution in [2.75, 3.05) is 33.0 Å². The van der Waals surface area contributed by atoms with Crippen LogP contribution in [0.3, 0.4) is 0 Å². The maximum absolute atomic E-state index is 13.2. The molecule has 2 aliphatic heterocycles. The van der Waals surface area contributed by atoms with Gasteiger partial charge in [-0.2, -0.15) is 0 Å². The highest BCUT2D eigenvalue weighted by molar-refractivity contribution is 5.97. The topological polar surface area (TPSA) is 114 Å². The number of hydrogen-bond acceptors (Lipinski definition) is 6. The Kier molecular flexibility index (Phi) is 7.27. The number of carbonyl (C=O) groups excluding carboxylic acids is 3. The number of carbonyl (C=O) groups is 3. The number of ether oxygens (including phenoxy) is 2. The fraction of sp³-hybridized carbons (Fsp3) is 0.375. The van der Waals surface area contributed by atoms with E-state index >= 15 is 0 Å². The van der Waals surface area contributed by atoms with E-state index < -0.39 is 23.7 Å². The zero-order valence-corrected chi connectivity index (χ0v) is 18.7. The lowest BCUT2D eigenvalue weighted by atomic mass is 10.1. The lowest BCUT2D eigenvalue weighted by Gasteiger charge is -2.36. The van der Waals surface area contributed by atoms with Crippen LogP contribution >= 0.6 is 0 Å². The molecule has 9 nitrogen and oxygen atoms in total. The van der Waals surface area contributed by atoms with E-state index in [0.29, 0.717) is 32.7 Å². The number of nitrogens with zero attached hydrogens (tertiary/aromatic N) is 2. The van der Waals surface area contributed by atoms with E-state index in [-0.39, 0.29) is 31.1 Å². The van der Waals surface area contributed by atoms with Gasteiger partial charge in [0.25, 0.3) is 5.91 Å². The summed E-state index contributed by atoms with van der Waals surface area (Å²) in [5, 5.41) is 2.68. The van der Waals surface area contributed by atoms with Gasteiger partial charge in [0.15, 0.2) is 11.5 Å². The van der Waals surface area contributed by atoms with E-state index in [1.54, 1.807) is 4.90 Å². The second kappa shape index (κ2) is 10.5. The zero-order chi connectivity index (χ0) is 24.1. The molecule has 0 unspecified atom stereocenters. The van der Waals surface area contributed by atoms with E-state index in [0.717, 1.165) is 17.1 Å². The molecule has 0 spiro atoms. The first-order valence-corrected chi connectivity index (χ1v) is 11.1. The SMILES string of the molecule is NC(=O)CC[C@H](NC(=O)c1ccc(F)cc1)C(=O)N1CCN(Cc2ccc3c(c2)OCO3)CC1. The Morgan fingerprint density at radius 1 is 1.00 bits per heavy atom. The van der Waals surface area contributed by atoms with Crippen molar-refractivity contribution in [2.45, 2.75) is 25.4 Å². The van der Waals surface area contributed by atoms with Crippen LogP contribution in [0.1, 0.15) is 28.8 Å². The Morgan fingerprint density at radius 3 is 2.41 bits per heavy atom. The lowest BCUT2D eigenvalue weighted by molar-refractivity contribution is -0.135. The third-order valence-electron chi connectivity index (χ3n) is 5.92. The minimum atomic E-state index is -0.898. The van der Waals surface area contributed by atoms with Crippen molar-refractivity contribution < 1.29 is 28.2 Å². The van der Waals surface area contributed by atoms with E-state index in [9.17, 15) is 18.8 Å². The fourth-order valence-corrected chi connectivity index (χ4v) is 4.03. The lowest BCUT2D eigenvalue weighted by Crippen LogP contribution is -2.54. The molecule has 0 aliphatic carbocycles. The van der Waals surface area contributed by atoms with Crippen LogP contribution < -0.4 is 20.5 Å². The quantitative estimate of drug-likeness (QED) is 0.601. The molecule has 0 saturated carbocycles. The van der Waals surface area contributed by atoms with E-state index in [1.165, 1.54) is 24.3 Å². The number of rotatable bonds is 8. The molecule has 3 N–H and O–H groups in total. The summed E-state index contributed by atoms with van der Waals surface area (Å²) in [6, 6.07) is 9.99. The third kappa shape index (κ3) is 5.82. The summed E-state index contributed by atoms with van der Waals surface area (Å²) in [6.07, 6.45) is 0.0582. The fourth-order valence-electron chi connectivity index (χ4n) is 4.03. The Hall–Kier alpha value is -3.66. The van der Waals surface area contributed by atoms with Crippen molar-refractivity contribution in [1.82, 2.24) is 15.1 Å². The minimum Gasteiger partial charge on any atom is -0.454 e. The van der Waals surface area contributed by atoms with E-state index in [2.05, 4.69) is 10.2 Å². The summed E-state index contributed by atoms with van der Waals surface area (Å²) >= 11 is 0. The molecular formula is C24H27FN4O5. The summed E-state index contributed by atoms with van der Waals surface area (Å²) < 4.78 is 23.9. The van der Waals surface area contributed by atoms with E-state index in [1.807, 2.05) is 18.2 Å². The third-order valence-corrected chi connectivity index (χ3v) is 5.92. The number of benzene rings is 2. The van der Waals surface area contributed by atoms with Gasteiger partial charge in [-0.3, -0.25) is 19.3 Å². The maximum Gasteiger partial charge on any atom is 0.251 e. The summed E-state index contributed by atoms with van der Waals surface area (Å²) in [5.74, 6) is -0.313. The van der Waals surface area contributed by atoms with Gasteiger partial charge < -0.3 is 25.4 Å². The van der Waals surface area contributed by atoms with Crippen LogP contribution in [0.4, 0.5) is 4.39 Å². The first-order valence-electron chi connectivity index (χ1n) is 11.1. The van der Waals surface area contributed by atoms with Crippen LogP contribution in [0.5, 0.6) is 11.5 Å². The van der Waals surface area contributed by atoms with Gasteiger partial charge in [-0.1, -0.05) is 6.07 Å². The second-order valence-corrected chi connectivity index (χ2v) is 8.33. The van der Waals surface area contributed by atoms with Crippen molar-refractivity contribution >= 4 is 17.7 Å². The number of hydrogen-bond donors (Lipinski definition) is 2. The van der Waals surface area contributed by atoms with Crippen LogP contribution in [-0.2, 0) is 16.1 Å². The van der Waals surface area contributed by atoms with Crippen LogP contribution in [0, 0.1) is 5.82 Å². The van der Waals surface area contributed by atoms with Crippen LogP contribution in [0.2, 0.25) is 0 Å².